The number of carboxylic acid groups (broad SMARTS) is 1. The Morgan fingerprint density at radius 2 is 1.96 bits per heavy atom. The fourth-order valence-corrected chi connectivity index (χ4v) is 4.25. The second-order valence-electron chi connectivity index (χ2n) is 5.47. The highest BCUT2D eigenvalue weighted by atomic mass is 32.2. The Balaban J connectivity index is 1.95. The van der Waals surface area contributed by atoms with Gasteiger partial charge in [0.15, 0.2) is 5.69 Å². The van der Waals surface area contributed by atoms with Gasteiger partial charge in [0.05, 0.1) is 12.0 Å². The Bertz CT molecular complexity index is 887. The fraction of sp³-hybridized carbons (Fsp3) is 0.333. The number of nitrogens with zero attached hydrogens (tertiary/aromatic N) is 3. The number of sulfonamides is 1. The Hall–Kier alpha value is -2.39. The maximum atomic E-state index is 12.8. The van der Waals surface area contributed by atoms with Crippen LogP contribution in [-0.4, -0.2) is 47.2 Å². The molecule has 1 aromatic carbocycles. The Labute approximate surface area is 139 Å². The minimum Gasteiger partial charge on any atom is -0.497 e. The molecule has 9 heteroatoms. The first kappa shape index (κ1) is 16.5. The quantitative estimate of drug-likeness (QED) is 0.877. The predicted octanol–water partition coefficient (Wildman–Crippen LogP) is 0.874. The van der Waals surface area contributed by atoms with Crippen LogP contribution in [-0.2, 0) is 30.0 Å². The second kappa shape index (κ2) is 5.91. The summed E-state index contributed by atoms with van der Waals surface area (Å²) in [4.78, 5) is 11.5. The van der Waals surface area contributed by atoms with E-state index in [2.05, 4.69) is 5.10 Å². The molecule has 0 saturated heterocycles. The molecule has 0 fully saturated rings. The van der Waals surface area contributed by atoms with E-state index in [1.165, 1.54) is 28.2 Å². The van der Waals surface area contributed by atoms with Gasteiger partial charge in [0.1, 0.15) is 5.75 Å². The lowest BCUT2D eigenvalue weighted by atomic mass is 10.1. The van der Waals surface area contributed by atoms with E-state index in [4.69, 9.17) is 4.74 Å². The molecule has 1 N–H and O–H groups in total. The van der Waals surface area contributed by atoms with Gasteiger partial charge in [-0.25, -0.2) is 13.2 Å². The Morgan fingerprint density at radius 1 is 1.29 bits per heavy atom. The summed E-state index contributed by atoms with van der Waals surface area (Å²) in [6.45, 7) is 0.277. The molecule has 2 heterocycles. The number of hydrogen-bond donors (Lipinski definition) is 1. The molecule has 0 amide bonds. The van der Waals surface area contributed by atoms with Crippen LogP contribution in [0.15, 0.2) is 29.2 Å². The average Bonchev–Trinajstić information content (AvgIpc) is 2.91. The van der Waals surface area contributed by atoms with Crippen molar-refractivity contribution in [2.45, 2.75) is 17.9 Å². The summed E-state index contributed by atoms with van der Waals surface area (Å²) in [5, 5.41) is 13.2. The van der Waals surface area contributed by atoms with Crippen molar-refractivity contribution < 1.29 is 23.1 Å². The lowest BCUT2D eigenvalue weighted by Gasteiger charge is -2.26. The third-order valence-electron chi connectivity index (χ3n) is 4.11. The zero-order chi connectivity index (χ0) is 17.5. The van der Waals surface area contributed by atoms with Crippen molar-refractivity contribution in [1.29, 1.82) is 0 Å². The van der Waals surface area contributed by atoms with E-state index in [0.29, 0.717) is 17.7 Å². The van der Waals surface area contributed by atoms with E-state index in [9.17, 15) is 18.3 Å². The summed E-state index contributed by atoms with van der Waals surface area (Å²) >= 11 is 0. The third-order valence-corrected chi connectivity index (χ3v) is 5.97. The minimum atomic E-state index is -3.72. The number of fused-ring (bicyclic) bond motifs is 1. The molecule has 0 atom stereocenters. The molecule has 0 bridgehead atoms. The lowest BCUT2D eigenvalue weighted by molar-refractivity contribution is 0.0687. The molecule has 0 saturated carbocycles. The molecular formula is C15H17N3O5S. The molecule has 0 spiro atoms. The van der Waals surface area contributed by atoms with Crippen LogP contribution in [0.3, 0.4) is 0 Å². The Kier molecular flexibility index (Phi) is 4.06. The highest BCUT2D eigenvalue weighted by Crippen LogP contribution is 2.27. The normalized spacial score (nSPS) is 15.1. The van der Waals surface area contributed by atoms with E-state index < -0.39 is 16.0 Å². The summed E-state index contributed by atoms with van der Waals surface area (Å²) in [5.41, 5.74) is 1.11. The number of aromatic nitrogens is 2. The molecule has 128 valence electrons. The molecule has 2 aromatic rings. The summed E-state index contributed by atoms with van der Waals surface area (Å²) in [7, 11) is -0.544. The first-order valence-electron chi connectivity index (χ1n) is 7.27. The maximum Gasteiger partial charge on any atom is 0.356 e. The number of carboxylic acids is 1. The van der Waals surface area contributed by atoms with Crippen LogP contribution >= 0.6 is 0 Å². The molecule has 1 aromatic heterocycles. The van der Waals surface area contributed by atoms with Gasteiger partial charge < -0.3 is 9.84 Å². The lowest BCUT2D eigenvalue weighted by Crippen LogP contribution is -2.36. The molecule has 8 nitrogen and oxygen atoms in total. The van der Waals surface area contributed by atoms with Crippen LogP contribution in [0.4, 0.5) is 0 Å². The van der Waals surface area contributed by atoms with Gasteiger partial charge in [-0.15, -0.1) is 0 Å². The van der Waals surface area contributed by atoms with Gasteiger partial charge >= 0.3 is 5.97 Å². The van der Waals surface area contributed by atoms with E-state index >= 15 is 0 Å². The molecule has 1 aliphatic rings. The molecule has 1 aliphatic heterocycles. The summed E-state index contributed by atoms with van der Waals surface area (Å²) in [6, 6.07) is 6.11. The van der Waals surface area contributed by atoms with Gasteiger partial charge in [-0.05, 0) is 24.3 Å². The molecular weight excluding hydrogens is 334 g/mol. The zero-order valence-electron chi connectivity index (χ0n) is 13.3. The summed E-state index contributed by atoms with van der Waals surface area (Å²) in [5.74, 6) is -0.592. The van der Waals surface area contributed by atoms with Gasteiger partial charge in [0.25, 0.3) is 0 Å². The van der Waals surface area contributed by atoms with Crippen molar-refractivity contribution in [3.05, 3.63) is 41.2 Å². The monoisotopic (exact) mass is 351 g/mol. The zero-order valence-corrected chi connectivity index (χ0v) is 14.1. The van der Waals surface area contributed by atoms with Crippen molar-refractivity contribution >= 4 is 16.0 Å². The highest BCUT2D eigenvalue weighted by molar-refractivity contribution is 7.89. The average molecular weight is 351 g/mol. The predicted molar refractivity (Wildman–Crippen MR) is 84.5 cm³/mol. The number of benzene rings is 1. The van der Waals surface area contributed by atoms with Crippen molar-refractivity contribution in [2.24, 2.45) is 7.05 Å². The first-order chi connectivity index (χ1) is 11.3. The van der Waals surface area contributed by atoms with Crippen molar-refractivity contribution in [3.63, 3.8) is 0 Å². The highest BCUT2D eigenvalue weighted by Gasteiger charge is 2.33. The minimum absolute atomic E-state index is 0.000824. The number of carbonyl (C=O) groups is 1. The van der Waals surface area contributed by atoms with Crippen LogP contribution in [0, 0.1) is 0 Å². The number of rotatable bonds is 4. The van der Waals surface area contributed by atoms with Crippen molar-refractivity contribution in [2.75, 3.05) is 13.7 Å². The summed E-state index contributed by atoms with van der Waals surface area (Å²) < 4.78 is 33.4. The van der Waals surface area contributed by atoms with Crippen LogP contribution in [0.1, 0.15) is 21.7 Å². The Morgan fingerprint density at radius 3 is 2.54 bits per heavy atom. The van der Waals surface area contributed by atoms with Gasteiger partial charge in [0.2, 0.25) is 10.0 Å². The van der Waals surface area contributed by atoms with E-state index in [1.54, 1.807) is 19.2 Å². The number of ether oxygens (including phenoxy) is 1. The van der Waals surface area contributed by atoms with Gasteiger partial charge in [-0.3, -0.25) is 4.68 Å². The third kappa shape index (κ3) is 2.65. The standard InChI is InChI=1S/C15H17N3O5S/c1-17-13-7-8-18(9-12(13)14(16-17)15(19)20)24(21,22)11-5-3-10(23-2)4-6-11/h3-6H,7-9H2,1-2H3,(H,19,20). The van der Waals surface area contributed by atoms with Crippen LogP contribution in [0.25, 0.3) is 0 Å². The van der Waals surface area contributed by atoms with E-state index in [1.807, 2.05) is 0 Å². The number of methoxy groups -OCH3 is 1. The largest absolute Gasteiger partial charge is 0.497 e. The van der Waals surface area contributed by atoms with Crippen molar-refractivity contribution in [3.8, 4) is 5.75 Å². The SMILES string of the molecule is COc1ccc(S(=O)(=O)N2CCc3c(c(C(=O)O)nn3C)C2)cc1. The number of aromatic carboxylic acids is 1. The molecule has 3 rings (SSSR count). The van der Waals surface area contributed by atoms with Crippen LogP contribution in [0.2, 0.25) is 0 Å². The van der Waals surface area contributed by atoms with Gasteiger partial charge in [-0.1, -0.05) is 0 Å². The van der Waals surface area contributed by atoms with Gasteiger partial charge in [-0.2, -0.15) is 9.40 Å². The smallest absolute Gasteiger partial charge is 0.356 e. The van der Waals surface area contributed by atoms with E-state index in [0.717, 1.165) is 5.69 Å². The molecule has 0 radical (unpaired) electrons. The topological polar surface area (TPSA) is 102 Å². The number of hydrogen-bond acceptors (Lipinski definition) is 5. The molecule has 0 unspecified atom stereocenters. The van der Waals surface area contributed by atoms with Crippen molar-refractivity contribution in [1.82, 2.24) is 14.1 Å². The maximum absolute atomic E-state index is 12.8. The van der Waals surface area contributed by atoms with Gasteiger partial charge in [0, 0.05) is 37.8 Å². The molecule has 24 heavy (non-hydrogen) atoms. The number of aryl methyl sites for hydroxylation is 1. The van der Waals surface area contributed by atoms with Crippen LogP contribution in [0.5, 0.6) is 5.75 Å². The van der Waals surface area contributed by atoms with Crippen LogP contribution < -0.4 is 4.74 Å². The molecule has 0 aliphatic carbocycles. The van der Waals surface area contributed by atoms with E-state index in [-0.39, 0.29) is 23.7 Å². The summed E-state index contributed by atoms with van der Waals surface area (Å²) in [6.07, 6.45) is 0.418. The first-order valence-corrected chi connectivity index (χ1v) is 8.71. The fourth-order valence-electron chi connectivity index (χ4n) is 2.84. The second-order valence-corrected chi connectivity index (χ2v) is 7.40.